The van der Waals surface area contributed by atoms with E-state index in [9.17, 15) is 9.59 Å². The van der Waals surface area contributed by atoms with Gasteiger partial charge in [-0.3, -0.25) is 20.4 Å². The van der Waals surface area contributed by atoms with E-state index in [1.165, 1.54) is 0 Å². The second kappa shape index (κ2) is 9.80. The van der Waals surface area contributed by atoms with E-state index in [1.807, 2.05) is 30.3 Å². The van der Waals surface area contributed by atoms with Crippen molar-refractivity contribution in [1.82, 2.24) is 10.9 Å². The zero-order valence-corrected chi connectivity index (χ0v) is 15.3. The van der Waals surface area contributed by atoms with Crippen LogP contribution < -0.4 is 15.6 Å². The smallest absolute Gasteiger partial charge is 0.276 e. The van der Waals surface area contributed by atoms with Gasteiger partial charge in [-0.25, -0.2) is 0 Å². The summed E-state index contributed by atoms with van der Waals surface area (Å²) >= 11 is 3.31. The Balaban J connectivity index is 1.66. The monoisotopic (exact) mass is 406 g/mol. The predicted molar refractivity (Wildman–Crippen MR) is 96.6 cm³/mol. The molecular weight excluding hydrogens is 388 g/mol. The van der Waals surface area contributed by atoms with Crippen molar-refractivity contribution in [3.63, 3.8) is 0 Å². The summed E-state index contributed by atoms with van der Waals surface area (Å²) in [4.78, 5) is 23.6. The summed E-state index contributed by atoms with van der Waals surface area (Å²) in [6.45, 7) is 1.72. The Morgan fingerprint density at radius 1 is 1.04 bits per heavy atom. The highest BCUT2D eigenvalue weighted by atomic mass is 79.9. The largest absolute Gasteiger partial charge is 0.484 e. The maximum Gasteiger partial charge on any atom is 0.276 e. The summed E-state index contributed by atoms with van der Waals surface area (Å²) in [6, 6.07) is 16.6. The Morgan fingerprint density at radius 2 is 1.72 bits per heavy atom. The second-order valence-corrected chi connectivity index (χ2v) is 6.13. The molecule has 1 atom stereocenters. The minimum atomic E-state index is -0.701. The Hall–Kier alpha value is -2.38. The van der Waals surface area contributed by atoms with E-state index in [1.54, 1.807) is 31.2 Å². The first-order valence-corrected chi connectivity index (χ1v) is 8.46. The molecule has 2 aromatic rings. The molecule has 1 unspecified atom stereocenters. The predicted octanol–water partition coefficient (Wildman–Crippen LogP) is 2.58. The molecule has 0 bridgehead atoms. The molecule has 132 valence electrons. The number of hydrazine groups is 1. The zero-order chi connectivity index (χ0) is 18.1. The van der Waals surface area contributed by atoms with Crippen molar-refractivity contribution >= 4 is 27.7 Å². The molecule has 0 fully saturated rings. The number of amides is 2. The molecule has 2 aromatic carbocycles. The molecule has 0 aliphatic heterocycles. The van der Waals surface area contributed by atoms with Crippen LogP contribution in [0.5, 0.6) is 5.75 Å². The molecule has 0 saturated heterocycles. The van der Waals surface area contributed by atoms with Crippen LogP contribution in [0.2, 0.25) is 0 Å². The van der Waals surface area contributed by atoms with Gasteiger partial charge in [-0.1, -0.05) is 46.3 Å². The first-order chi connectivity index (χ1) is 12.0. The van der Waals surface area contributed by atoms with Gasteiger partial charge in [0.05, 0.1) is 6.61 Å². The molecule has 0 heterocycles. The van der Waals surface area contributed by atoms with E-state index in [2.05, 4.69) is 26.8 Å². The standard InChI is InChI=1S/C18H19BrN2O4/c1-13(24-11-14-5-3-2-4-6-14)18(23)21-20-17(22)12-25-16-9-7-15(19)8-10-16/h2-10,13H,11-12H2,1H3,(H,20,22)(H,21,23). The van der Waals surface area contributed by atoms with E-state index in [0.717, 1.165) is 10.0 Å². The fraction of sp³-hybridized carbons (Fsp3) is 0.222. The van der Waals surface area contributed by atoms with Gasteiger partial charge < -0.3 is 9.47 Å². The van der Waals surface area contributed by atoms with Crippen molar-refractivity contribution in [2.24, 2.45) is 0 Å². The van der Waals surface area contributed by atoms with Crippen molar-refractivity contribution in [3.05, 3.63) is 64.6 Å². The Labute approximate surface area is 154 Å². The van der Waals surface area contributed by atoms with Gasteiger partial charge in [0.2, 0.25) is 0 Å². The maximum absolute atomic E-state index is 11.9. The van der Waals surface area contributed by atoms with E-state index in [4.69, 9.17) is 9.47 Å². The highest BCUT2D eigenvalue weighted by molar-refractivity contribution is 9.10. The van der Waals surface area contributed by atoms with Crippen LogP contribution in [0.25, 0.3) is 0 Å². The van der Waals surface area contributed by atoms with Crippen LogP contribution in [-0.4, -0.2) is 24.5 Å². The number of carbonyl (C=O) groups excluding carboxylic acids is 2. The van der Waals surface area contributed by atoms with E-state index >= 15 is 0 Å². The van der Waals surface area contributed by atoms with Crippen LogP contribution >= 0.6 is 15.9 Å². The average molecular weight is 407 g/mol. The van der Waals surface area contributed by atoms with Crippen molar-refractivity contribution < 1.29 is 19.1 Å². The van der Waals surface area contributed by atoms with Crippen molar-refractivity contribution in [3.8, 4) is 5.75 Å². The van der Waals surface area contributed by atoms with Crippen LogP contribution in [0.15, 0.2) is 59.1 Å². The number of halogens is 1. The quantitative estimate of drug-likeness (QED) is 0.692. The topological polar surface area (TPSA) is 76.7 Å². The van der Waals surface area contributed by atoms with Crippen LogP contribution in [0.3, 0.4) is 0 Å². The fourth-order valence-electron chi connectivity index (χ4n) is 1.82. The first-order valence-electron chi connectivity index (χ1n) is 7.67. The first kappa shape index (κ1) is 19.0. The second-order valence-electron chi connectivity index (χ2n) is 5.22. The van der Waals surface area contributed by atoms with Crippen LogP contribution in [-0.2, 0) is 20.9 Å². The molecular formula is C18H19BrN2O4. The van der Waals surface area contributed by atoms with Gasteiger partial charge in [0, 0.05) is 4.47 Å². The number of benzene rings is 2. The Kier molecular flexibility index (Phi) is 7.43. The van der Waals surface area contributed by atoms with E-state index in [0.29, 0.717) is 12.4 Å². The molecule has 0 radical (unpaired) electrons. The number of hydrogen-bond donors (Lipinski definition) is 2. The summed E-state index contributed by atoms with van der Waals surface area (Å²) in [5.74, 6) is -0.344. The minimum absolute atomic E-state index is 0.207. The SMILES string of the molecule is CC(OCc1ccccc1)C(=O)NNC(=O)COc1ccc(Br)cc1. The number of ether oxygens (including phenoxy) is 2. The molecule has 0 saturated carbocycles. The summed E-state index contributed by atoms with van der Waals surface area (Å²) in [6.07, 6.45) is -0.701. The number of rotatable bonds is 7. The third kappa shape index (κ3) is 6.94. The van der Waals surface area contributed by atoms with E-state index < -0.39 is 17.9 Å². The molecule has 2 amide bonds. The normalized spacial score (nSPS) is 11.4. The van der Waals surface area contributed by atoms with Crippen LogP contribution in [0, 0.1) is 0 Å². The lowest BCUT2D eigenvalue weighted by molar-refractivity contribution is -0.137. The lowest BCUT2D eigenvalue weighted by Crippen LogP contribution is -2.47. The summed E-state index contributed by atoms with van der Waals surface area (Å²) in [7, 11) is 0. The molecule has 0 aromatic heterocycles. The lowest BCUT2D eigenvalue weighted by Gasteiger charge is -2.14. The third-order valence-corrected chi connectivity index (χ3v) is 3.75. The van der Waals surface area contributed by atoms with Gasteiger partial charge in [-0.2, -0.15) is 0 Å². The summed E-state index contributed by atoms with van der Waals surface area (Å²) in [5, 5.41) is 0. The lowest BCUT2D eigenvalue weighted by atomic mass is 10.2. The van der Waals surface area contributed by atoms with Gasteiger partial charge >= 0.3 is 0 Å². The van der Waals surface area contributed by atoms with Gasteiger partial charge in [0.15, 0.2) is 6.61 Å². The van der Waals surface area contributed by atoms with Crippen molar-refractivity contribution in [2.75, 3.05) is 6.61 Å². The summed E-state index contributed by atoms with van der Waals surface area (Å²) < 4.78 is 11.7. The van der Waals surface area contributed by atoms with Crippen molar-refractivity contribution in [1.29, 1.82) is 0 Å². The molecule has 2 rings (SSSR count). The van der Waals surface area contributed by atoms with E-state index in [-0.39, 0.29) is 6.61 Å². The Bertz CT molecular complexity index is 692. The molecule has 6 nitrogen and oxygen atoms in total. The third-order valence-electron chi connectivity index (χ3n) is 3.22. The van der Waals surface area contributed by atoms with Crippen LogP contribution in [0.1, 0.15) is 12.5 Å². The molecule has 2 N–H and O–H groups in total. The summed E-state index contributed by atoms with van der Waals surface area (Å²) in [5.41, 5.74) is 5.57. The van der Waals surface area contributed by atoms with Crippen molar-refractivity contribution in [2.45, 2.75) is 19.6 Å². The number of hydrogen-bond acceptors (Lipinski definition) is 4. The van der Waals surface area contributed by atoms with Gasteiger partial charge in [-0.05, 0) is 36.8 Å². The molecule has 0 aliphatic carbocycles. The number of carbonyl (C=O) groups is 2. The number of nitrogens with one attached hydrogen (secondary N) is 2. The molecule has 7 heteroatoms. The molecule has 0 spiro atoms. The van der Waals surface area contributed by atoms with Crippen LogP contribution in [0.4, 0.5) is 0 Å². The zero-order valence-electron chi connectivity index (χ0n) is 13.7. The molecule has 25 heavy (non-hydrogen) atoms. The molecule has 0 aliphatic rings. The highest BCUT2D eigenvalue weighted by Gasteiger charge is 2.14. The Morgan fingerprint density at radius 3 is 2.40 bits per heavy atom. The fourth-order valence-corrected chi connectivity index (χ4v) is 2.08. The van der Waals surface area contributed by atoms with Gasteiger partial charge in [0.1, 0.15) is 11.9 Å². The van der Waals surface area contributed by atoms with Gasteiger partial charge in [-0.15, -0.1) is 0 Å². The minimum Gasteiger partial charge on any atom is -0.484 e. The maximum atomic E-state index is 11.9. The average Bonchev–Trinajstić information content (AvgIpc) is 2.64. The van der Waals surface area contributed by atoms with Gasteiger partial charge in [0.25, 0.3) is 11.8 Å². The highest BCUT2D eigenvalue weighted by Crippen LogP contribution is 2.15.